The summed E-state index contributed by atoms with van der Waals surface area (Å²) >= 11 is 5.82. The second-order valence-corrected chi connectivity index (χ2v) is 7.62. The highest BCUT2D eigenvalue weighted by Gasteiger charge is 2.16. The summed E-state index contributed by atoms with van der Waals surface area (Å²) in [7, 11) is 0. The van der Waals surface area contributed by atoms with Crippen molar-refractivity contribution >= 4 is 29.1 Å². The highest BCUT2D eigenvalue weighted by Crippen LogP contribution is 2.32. The maximum atomic E-state index is 12.4. The Kier molecular flexibility index (Phi) is 7.43. The Bertz CT molecular complexity index is 772. The van der Waals surface area contributed by atoms with E-state index in [1.807, 2.05) is 6.07 Å². The van der Waals surface area contributed by atoms with E-state index in [0.717, 1.165) is 16.8 Å². The molecule has 0 heterocycles. The number of carbonyl (C=O) groups is 2. The lowest BCUT2D eigenvalue weighted by Gasteiger charge is -2.20. The molecule has 0 saturated carbocycles. The molecule has 2 aromatic rings. The van der Waals surface area contributed by atoms with E-state index >= 15 is 0 Å². The number of hydrogen-bond donors (Lipinski definition) is 2. The zero-order valence-electron chi connectivity index (χ0n) is 16.3. The molecule has 0 saturated heterocycles. The smallest absolute Gasteiger partial charge is 0.251 e. The van der Waals surface area contributed by atoms with Crippen LogP contribution in [0.3, 0.4) is 0 Å². The molecule has 0 spiro atoms. The molecule has 27 heavy (non-hydrogen) atoms. The zero-order valence-corrected chi connectivity index (χ0v) is 17.1. The molecule has 2 rings (SSSR count). The number of para-hydroxylation sites is 1. The number of carbonyl (C=O) groups excluding carboxylic acids is 2. The van der Waals surface area contributed by atoms with Crippen LogP contribution in [0.25, 0.3) is 0 Å². The van der Waals surface area contributed by atoms with Crippen molar-refractivity contribution in [1.29, 1.82) is 0 Å². The van der Waals surface area contributed by atoms with E-state index in [1.54, 1.807) is 24.3 Å². The van der Waals surface area contributed by atoms with Gasteiger partial charge in [-0.2, -0.15) is 0 Å². The monoisotopic (exact) mass is 386 g/mol. The summed E-state index contributed by atoms with van der Waals surface area (Å²) in [5, 5.41) is 6.40. The van der Waals surface area contributed by atoms with Gasteiger partial charge in [-0.3, -0.25) is 9.59 Å². The van der Waals surface area contributed by atoms with Crippen LogP contribution in [-0.4, -0.2) is 18.4 Å². The molecule has 0 atom stereocenters. The first-order chi connectivity index (χ1) is 12.8. The summed E-state index contributed by atoms with van der Waals surface area (Å²) in [6, 6.07) is 12.8. The van der Waals surface area contributed by atoms with E-state index in [0.29, 0.717) is 22.4 Å². The zero-order chi connectivity index (χ0) is 20.0. The Morgan fingerprint density at radius 2 is 1.48 bits per heavy atom. The summed E-state index contributed by atoms with van der Waals surface area (Å²) in [4.78, 5) is 24.5. The van der Waals surface area contributed by atoms with Gasteiger partial charge in [0.2, 0.25) is 5.91 Å². The standard InChI is InChI=1S/C22H27ClN2O2/c1-14(2)18-6-5-7-19(15(3)4)21(18)25-20(26)12-13-24-22(27)16-8-10-17(23)11-9-16/h5-11,14-15H,12-13H2,1-4H3,(H,24,27)(H,25,26). The fourth-order valence-electron chi connectivity index (χ4n) is 2.89. The third-order valence-corrected chi connectivity index (χ3v) is 4.63. The predicted molar refractivity (Wildman–Crippen MR) is 112 cm³/mol. The Hall–Kier alpha value is -2.33. The molecule has 0 unspecified atom stereocenters. The number of anilines is 1. The van der Waals surface area contributed by atoms with E-state index in [2.05, 4.69) is 50.5 Å². The van der Waals surface area contributed by atoms with Crippen LogP contribution in [0.15, 0.2) is 42.5 Å². The van der Waals surface area contributed by atoms with Gasteiger partial charge in [-0.05, 0) is 47.2 Å². The normalized spacial score (nSPS) is 10.9. The van der Waals surface area contributed by atoms with Crippen molar-refractivity contribution in [3.05, 3.63) is 64.2 Å². The number of benzene rings is 2. The molecule has 0 radical (unpaired) electrons. The lowest BCUT2D eigenvalue weighted by atomic mass is 9.92. The van der Waals surface area contributed by atoms with Crippen LogP contribution in [0.4, 0.5) is 5.69 Å². The molecular formula is C22H27ClN2O2. The summed E-state index contributed by atoms with van der Waals surface area (Å²) < 4.78 is 0. The topological polar surface area (TPSA) is 58.2 Å². The minimum absolute atomic E-state index is 0.110. The Morgan fingerprint density at radius 3 is 2.00 bits per heavy atom. The molecule has 2 aromatic carbocycles. The number of amides is 2. The highest BCUT2D eigenvalue weighted by atomic mass is 35.5. The average Bonchev–Trinajstić information content (AvgIpc) is 2.61. The lowest BCUT2D eigenvalue weighted by Crippen LogP contribution is -2.28. The third kappa shape index (κ3) is 5.83. The molecule has 0 aliphatic carbocycles. The first-order valence-electron chi connectivity index (χ1n) is 9.26. The first-order valence-corrected chi connectivity index (χ1v) is 9.63. The minimum atomic E-state index is -0.218. The maximum absolute atomic E-state index is 12.4. The molecule has 2 N–H and O–H groups in total. The van der Waals surface area contributed by atoms with Gasteiger partial charge in [0.25, 0.3) is 5.91 Å². The van der Waals surface area contributed by atoms with Crippen LogP contribution in [0.2, 0.25) is 5.02 Å². The van der Waals surface area contributed by atoms with E-state index in [4.69, 9.17) is 11.6 Å². The highest BCUT2D eigenvalue weighted by molar-refractivity contribution is 6.30. The van der Waals surface area contributed by atoms with E-state index in [-0.39, 0.29) is 24.8 Å². The van der Waals surface area contributed by atoms with Crippen molar-refractivity contribution in [3.63, 3.8) is 0 Å². The number of rotatable bonds is 7. The number of halogens is 1. The fourth-order valence-corrected chi connectivity index (χ4v) is 3.02. The molecular weight excluding hydrogens is 360 g/mol. The van der Waals surface area contributed by atoms with Gasteiger partial charge in [0.1, 0.15) is 0 Å². The molecule has 0 bridgehead atoms. The quantitative estimate of drug-likeness (QED) is 0.674. The van der Waals surface area contributed by atoms with Crippen molar-refractivity contribution in [1.82, 2.24) is 5.32 Å². The van der Waals surface area contributed by atoms with Gasteiger partial charge >= 0.3 is 0 Å². The molecule has 2 amide bonds. The van der Waals surface area contributed by atoms with Crippen molar-refractivity contribution < 1.29 is 9.59 Å². The van der Waals surface area contributed by atoms with Crippen molar-refractivity contribution in [2.75, 3.05) is 11.9 Å². The molecule has 144 valence electrons. The van der Waals surface area contributed by atoms with Crippen LogP contribution >= 0.6 is 11.6 Å². The van der Waals surface area contributed by atoms with Crippen LogP contribution < -0.4 is 10.6 Å². The number of hydrogen-bond acceptors (Lipinski definition) is 2. The van der Waals surface area contributed by atoms with Gasteiger partial charge in [-0.25, -0.2) is 0 Å². The van der Waals surface area contributed by atoms with Crippen LogP contribution in [0.5, 0.6) is 0 Å². The van der Waals surface area contributed by atoms with Crippen LogP contribution in [0, 0.1) is 0 Å². The van der Waals surface area contributed by atoms with Gasteiger partial charge < -0.3 is 10.6 Å². The molecule has 0 aliphatic rings. The van der Waals surface area contributed by atoms with E-state index < -0.39 is 0 Å². The predicted octanol–water partition coefficient (Wildman–Crippen LogP) is 5.35. The van der Waals surface area contributed by atoms with Crippen molar-refractivity contribution in [2.45, 2.75) is 46.0 Å². The molecule has 0 fully saturated rings. The second kappa shape index (κ2) is 9.56. The Balaban J connectivity index is 1.98. The minimum Gasteiger partial charge on any atom is -0.352 e. The lowest BCUT2D eigenvalue weighted by molar-refractivity contribution is -0.116. The van der Waals surface area contributed by atoms with Gasteiger partial charge in [0, 0.05) is 29.2 Å². The van der Waals surface area contributed by atoms with Crippen LogP contribution in [0.1, 0.15) is 67.4 Å². The Labute approximate surface area is 166 Å². The van der Waals surface area contributed by atoms with Gasteiger partial charge in [-0.15, -0.1) is 0 Å². The van der Waals surface area contributed by atoms with Crippen LogP contribution in [-0.2, 0) is 4.79 Å². The van der Waals surface area contributed by atoms with E-state index in [1.165, 1.54) is 0 Å². The van der Waals surface area contributed by atoms with E-state index in [9.17, 15) is 9.59 Å². The van der Waals surface area contributed by atoms with Crippen molar-refractivity contribution in [3.8, 4) is 0 Å². The third-order valence-electron chi connectivity index (χ3n) is 4.38. The summed E-state index contributed by atoms with van der Waals surface area (Å²) in [5.74, 6) is 0.290. The molecule has 0 aromatic heterocycles. The SMILES string of the molecule is CC(C)c1cccc(C(C)C)c1NC(=O)CCNC(=O)c1ccc(Cl)cc1. The maximum Gasteiger partial charge on any atom is 0.251 e. The van der Waals surface area contributed by atoms with Gasteiger partial charge in [-0.1, -0.05) is 57.5 Å². The second-order valence-electron chi connectivity index (χ2n) is 7.18. The molecule has 5 heteroatoms. The summed E-state index contributed by atoms with van der Waals surface area (Å²) in [6.07, 6.45) is 0.212. The number of nitrogens with one attached hydrogen (secondary N) is 2. The molecule has 4 nitrogen and oxygen atoms in total. The average molecular weight is 387 g/mol. The largest absolute Gasteiger partial charge is 0.352 e. The van der Waals surface area contributed by atoms with Crippen molar-refractivity contribution in [2.24, 2.45) is 0 Å². The van der Waals surface area contributed by atoms with Gasteiger partial charge in [0.15, 0.2) is 0 Å². The summed E-state index contributed by atoms with van der Waals surface area (Å²) in [6.45, 7) is 8.72. The van der Waals surface area contributed by atoms with Gasteiger partial charge in [0.05, 0.1) is 0 Å². The first kappa shape index (κ1) is 21.0. The molecule has 0 aliphatic heterocycles. The Morgan fingerprint density at radius 1 is 0.926 bits per heavy atom. The fraction of sp³-hybridized carbons (Fsp3) is 0.364. The summed E-state index contributed by atoms with van der Waals surface area (Å²) in [5.41, 5.74) is 3.67.